The lowest BCUT2D eigenvalue weighted by Gasteiger charge is -2.41. The van der Waals surface area contributed by atoms with Crippen LogP contribution < -0.4 is 10.6 Å². The fraction of sp³-hybridized carbons (Fsp3) is 0.500. The number of amides is 2. The highest BCUT2D eigenvalue weighted by Gasteiger charge is 2.41. The van der Waals surface area contributed by atoms with Crippen LogP contribution in [0.3, 0.4) is 0 Å². The van der Waals surface area contributed by atoms with Crippen molar-refractivity contribution < 1.29 is 33.6 Å². The van der Waals surface area contributed by atoms with E-state index in [0.717, 1.165) is 91.5 Å². The largest absolute Gasteiger partial charge is 0.392 e. The number of carbonyl (C=O) groups is 2. The Kier molecular flexibility index (Phi) is 12.7. The van der Waals surface area contributed by atoms with Gasteiger partial charge in [0.1, 0.15) is 0 Å². The van der Waals surface area contributed by atoms with Gasteiger partial charge in [-0.2, -0.15) is 0 Å². The summed E-state index contributed by atoms with van der Waals surface area (Å²) in [5, 5.41) is 15.4. The first-order valence-corrected chi connectivity index (χ1v) is 18.1. The van der Waals surface area contributed by atoms with Crippen LogP contribution in [0.25, 0.3) is 11.1 Å². The van der Waals surface area contributed by atoms with Crippen molar-refractivity contribution in [3.63, 3.8) is 0 Å². The van der Waals surface area contributed by atoms with Crippen LogP contribution in [0.2, 0.25) is 0 Å². The number of nitrogens with zero attached hydrogens (tertiary/aromatic N) is 1. The second kappa shape index (κ2) is 17.5. The molecule has 0 radical (unpaired) electrons. The molecule has 10 heteroatoms. The van der Waals surface area contributed by atoms with Crippen LogP contribution in [0.1, 0.15) is 86.5 Å². The molecule has 0 aliphatic carbocycles. The molecule has 6 rings (SSSR count). The minimum absolute atomic E-state index is 0.00648. The second-order valence-corrected chi connectivity index (χ2v) is 13.7. The molecule has 10 nitrogen and oxygen atoms in total. The van der Waals surface area contributed by atoms with E-state index in [0.29, 0.717) is 32.7 Å². The maximum absolute atomic E-state index is 12.5. The SMILES string of the molecule is CC(=O)NCCCCCC(=O)NCc1cccc(-c2cccc([C@@H]3O[C@H](CN4CCC5(CC4)OCCO5)C[C@H](c4ccc(CO)cc4)O3)c2)c1. The van der Waals surface area contributed by atoms with Gasteiger partial charge in [-0.15, -0.1) is 0 Å². The summed E-state index contributed by atoms with van der Waals surface area (Å²) in [5.74, 6) is -0.404. The Bertz CT molecular complexity index is 1550. The van der Waals surface area contributed by atoms with Crippen molar-refractivity contribution in [3.05, 3.63) is 95.1 Å². The summed E-state index contributed by atoms with van der Waals surface area (Å²) in [6, 6.07) is 24.6. The smallest absolute Gasteiger partial charge is 0.220 e. The molecule has 0 unspecified atom stereocenters. The standard InChI is InChI=1S/C40H51N3O7/c1-29(45)41-18-4-2-3-11-38(46)42-26-31-7-5-8-33(23-31)34-9-6-10-35(24-34)39-49-36(25-37(50-39)32-14-12-30(28-44)13-15-32)27-43-19-16-40(17-20-43)47-21-22-48-40/h5-10,12-15,23-24,36-37,39,44H,2-4,11,16-22,25-28H2,1H3,(H,41,45)(H,42,46)/t36-,37+,39+/m0/s1. The minimum atomic E-state index is -0.547. The molecule has 2 amide bonds. The molecule has 3 heterocycles. The van der Waals surface area contributed by atoms with Crippen molar-refractivity contribution in [1.82, 2.24) is 15.5 Å². The Morgan fingerprint density at radius 3 is 2.32 bits per heavy atom. The summed E-state index contributed by atoms with van der Waals surface area (Å²) in [4.78, 5) is 25.9. The molecule has 3 aliphatic heterocycles. The summed E-state index contributed by atoms with van der Waals surface area (Å²) in [6.45, 7) is 6.56. The Hall–Kier alpha value is -3.64. The number of nitrogens with one attached hydrogen (secondary N) is 2. The van der Waals surface area contributed by atoms with E-state index in [1.54, 1.807) is 0 Å². The molecule has 268 valence electrons. The van der Waals surface area contributed by atoms with Crippen LogP contribution in [0.4, 0.5) is 0 Å². The predicted octanol–water partition coefficient (Wildman–Crippen LogP) is 5.54. The molecule has 1 spiro atoms. The molecule has 3 N–H and O–H groups in total. The molecule has 50 heavy (non-hydrogen) atoms. The van der Waals surface area contributed by atoms with E-state index in [1.165, 1.54) is 6.92 Å². The molecule has 3 aliphatic rings. The van der Waals surface area contributed by atoms with Crippen LogP contribution in [-0.4, -0.2) is 73.1 Å². The maximum atomic E-state index is 12.5. The molecule has 0 bridgehead atoms. The molecular formula is C40H51N3O7. The summed E-state index contributed by atoms with van der Waals surface area (Å²) >= 11 is 0. The number of piperidine rings is 1. The van der Waals surface area contributed by atoms with Crippen molar-refractivity contribution in [1.29, 1.82) is 0 Å². The number of hydrogen-bond donors (Lipinski definition) is 3. The van der Waals surface area contributed by atoms with Gasteiger partial charge in [0.25, 0.3) is 0 Å². The van der Waals surface area contributed by atoms with E-state index >= 15 is 0 Å². The van der Waals surface area contributed by atoms with Crippen molar-refractivity contribution in [2.24, 2.45) is 0 Å². The quantitative estimate of drug-likeness (QED) is 0.189. The van der Waals surface area contributed by atoms with Gasteiger partial charge in [0, 0.05) is 70.9 Å². The number of rotatable bonds is 14. The van der Waals surface area contributed by atoms with E-state index in [1.807, 2.05) is 42.5 Å². The molecule has 3 aromatic rings. The van der Waals surface area contributed by atoms with Gasteiger partial charge in [0.15, 0.2) is 12.1 Å². The Labute approximate surface area is 295 Å². The van der Waals surface area contributed by atoms with Crippen LogP contribution in [0.5, 0.6) is 0 Å². The van der Waals surface area contributed by atoms with Crippen LogP contribution in [-0.2, 0) is 41.7 Å². The fourth-order valence-corrected chi connectivity index (χ4v) is 7.05. The van der Waals surface area contributed by atoms with Gasteiger partial charge in [0.2, 0.25) is 11.8 Å². The van der Waals surface area contributed by atoms with Crippen molar-refractivity contribution in [2.45, 2.75) is 89.3 Å². The maximum Gasteiger partial charge on any atom is 0.220 e. The zero-order valence-corrected chi connectivity index (χ0v) is 29.1. The lowest BCUT2D eigenvalue weighted by Crippen LogP contribution is -2.48. The summed E-state index contributed by atoms with van der Waals surface area (Å²) < 4.78 is 25.3. The molecule has 3 saturated heterocycles. The van der Waals surface area contributed by atoms with E-state index < -0.39 is 12.1 Å². The van der Waals surface area contributed by atoms with Gasteiger partial charge in [-0.05, 0) is 52.8 Å². The van der Waals surface area contributed by atoms with Crippen LogP contribution in [0.15, 0.2) is 72.8 Å². The minimum Gasteiger partial charge on any atom is -0.392 e. The number of likely N-dealkylation sites (tertiary alicyclic amines) is 1. The normalized spacial score (nSPS) is 22.0. The second-order valence-electron chi connectivity index (χ2n) is 13.7. The molecule has 0 aromatic heterocycles. The third-order valence-electron chi connectivity index (χ3n) is 9.87. The highest BCUT2D eigenvalue weighted by molar-refractivity contribution is 5.76. The number of unbranched alkanes of at least 4 members (excludes halogenated alkanes) is 2. The van der Waals surface area contributed by atoms with Crippen molar-refractivity contribution >= 4 is 11.8 Å². The van der Waals surface area contributed by atoms with Gasteiger partial charge in [-0.3, -0.25) is 9.59 Å². The highest BCUT2D eigenvalue weighted by atomic mass is 16.7. The van der Waals surface area contributed by atoms with Gasteiger partial charge >= 0.3 is 0 Å². The summed E-state index contributed by atoms with van der Waals surface area (Å²) in [7, 11) is 0. The van der Waals surface area contributed by atoms with Gasteiger partial charge < -0.3 is 39.6 Å². The van der Waals surface area contributed by atoms with Gasteiger partial charge in [-0.1, -0.05) is 67.1 Å². The average molecular weight is 686 g/mol. The van der Waals surface area contributed by atoms with Gasteiger partial charge in [-0.25, -0.2) is 0 Å². The van der Waals surface area contributed by atoms with Crippen LogP contribution >= 0.6 is 0 Å². The molecule has 3 atom stereocenters. The van der Waals surface area contributed by atoms with E-state index in [4.69, 9.17) is 18.9 Å². The third kappa shape index (κ3) is 9.99. The average Bonchev–Trinajstić information content (AvgIpc) is 3.61. The monoisotopic (exact) mass is 685 g/mol. The van der Waals surface area contributed by atoms with Crippen LogP contribution in [0, 0.1) is 0 Å². The van der Waals surface area contributed by atoms with E-state index in [-0.39, 0.29) is 30.6 Å². The number of ether oxygens (including phenoxy) is 4. The lowest BCUT2D eigenvalue weighted by atomic mass is 9.97. The van der Waals surface area contributed by atoms with Crippen molar-refractivity contribution in [2.75, 3.05) is 39.4 Å². The molecule has 3 fully saturated rings. The summed E-state index contributed by atoms with van der Waals surface area (Å²) in [5.41, 5.74) is 6.02. The van der Waals surface area contributed by atoms with Gasteiger partial charge in [0.05, 0.1) is 32.0 Å². The van der Waals surface area contributed by atoms with Crippen molar-refractivity contribution in [3.8, 4) is 11.1 Å². The van der Waals surface area contributed by atoms with E-state index in [9.17, 15) is 14.7 Å². The number of aliphatic hydroxyl groups excluding tert-OH is 1. The zero-order valence-electron chi connectivity index (χ0n) is 29.1. The van der Waals surface area contributed by atoms with E-state index in [2.05, 4.69) is 45.9 Å². The number of benzene rings is 3. The third-order valence-corrected chi connectivity index (χ3v) is 9.87. The highest BCUT2D eigenvalue weighted by Crippen LogP contribution is 2.40. The predicted molar refractivity (Wildman–Crippen MR) is 190 cm³/mol. The number of aliphatic hydroxyl groups is 1. The number of carbonyl (C=O) groups excluding carboxylic acids is 2. The zero-order chi connectivity index (χ0) is 34.8. The Balaban J connectivity index is 1.09. The molecular weight excluding hydrogens is 634 g/mol. The lowest BCUT2D eigenvalue weighted by molar-refractivity contribution is -0.255. The fourth-order valence-electron chi connectivity index (χ4n) is 7.05. The first-order valence-electron chi connectivity index (χ1n) is 18.1. The Morgan fingerprint density at radius 2 is 1.58 bits per heavy atom. The topological polar surface area (TPSA) is 119 Å². The molecule has 3 aromatic carbocycles. The summed E-state index contributed by atoms with van der Waals surface area (Å²) in [6.07, 6.45) is 4.74. The first kappa shape index (κ1) is 36.2. The first-order chi connectivity index (χ1) is 24.4. The number of hydrogen-bond acceptors (Lipinski definition) is 8. The molecule has 0 saturated carbocycles. The Morgan fingerprint density at radius 1 is 0.840 bits per heavy atom.